The number of carbonyl (C=O) groups is 4. The van der Waals surface area contributed by atoms with Gasteiger partial charge in [-0.15, -0.1) is 0 Å². The predicted molar refractivity (Wildman–Crippen MR) is 199 cm³/mol. The molecule has 9 nitrogen and oxygen atoms in total. The van der Waals surface area contributed by atoms with E-state index in [1.807, 2.05) is 6.08 Å². The van der Waals surface area contributed by atoms with Crippen LogP contribution in [0.3, 0.4) is 0 Å². The lowest BCUT2D eigenvalue weighted by Gasteiger charge is -2.15. The maximum absolute atomic E-state index is 12.6. The minimum Gasteiger partial charge on any atom is -0.480 e. The van der Waals surface area contributed by atoms with Crippen molar-refractivity contribution in [2.45, 2.75) is 180 Å². The highest BCUT2D eigenvalue weighted by atomic mass is 16.5. The van der Waals surface area contributed by atoms with E-state index in [1.54, 1.807) is 0 Å². The van der Waals surface area contributed by atoms with Gasteiger partial charge in [-0.25, -0.2) is 4.79 Å². The number of carboxylic acid groups (broad SMARTS) is 1. The Hall–Kier alpha value is -2.94. The Morgan fingerprint density at radius 1 is 0.633 bits per heavy atom. The van der Waals surface area contributed by atoms with Crippen LogP contribution in [0.5, 0.6) is 0 Å². The number of aliphatic carboxylic acids is 1. The van der Waals surface area contributed by atoms with Gasteiger partial charge in [-0.05, 0) is 57.4 Å². The second-order valence-corrected chi connectivity index (χ2v) is 13.0. The first-order valence-electron chi connectivity index (χ1n) is 19.4. The molecule has 0 aromatic carbocycles. The summed E-state index contributed by atoms with van der Waals surface area (Å²) in [7, 11) is 0. The number of unbranched alkanes of at least 4 members (excludes halogenated alkanes) is 16. The lowest BCUT2D eigenvalue weighted by Crippen LogP contribution is -2.47. The number of nitrogens with one attached hydrogen (secondary N) is 2. The van der Waals surface area contributed by atoms with Crippen molar-refractivity contribution in [1.82, 2.24) is 10.6 Å². The molecule has 4 N–H and O–H groups in total. The Morgan fingerprint density at radius 2 is 1.16 bits per heavy atom. The summed E-state index contributed by atoms with van der Waals surface area (Å²) in [5, 5.41) is 22.5. The van der Waals surface area contributed by atoms with Crippen molar-refractivity contribution in [3.63, 3.8) is 0 Å². The highest BCUT2D eigenvalue weighted by Gasteiger charge is 2.18. The third kappa shape index (κ3) is 32.0. The lowest BCUT2D eigenvalue weighted by molar-refractivity contribution is -0.147. The van der Waals surface area contributed by atoms with Gasteiger partial charge in [0, 0.05) is 12.8 Å². The zero-order valence-electron chi connectivity index (χ0n) is 30.9. The summed E-state index contributed by atoms with van der Waals surface area (Å²) in [4.78, 5) is 47.3. The van der Waals surface area contributed by atoms with E-state index >= 15 is 0 Å². The van der Waals surface area contributed by atoms with E-state index < -0.39 is 24.5 Å². The lowest BCUT2D eigenvalue weighted by atomic mass is 10.1. The van der Waals surface area contributed by atoms with E-state index in [9.17, 15) is 19.2 Å². The monoisotopic (exact) mass is 691 g/mol. The minimum absolute atomic E-state index is 0.118. The standard InChI is InChI=1S/C40H70N2O7/c1-3-5-7-9-11-13-15-16-18-21-25-29-35(49-39(46)32-28-24-19-17-14-12-10-8-6-4-2)30-26-22-20-23-27-31-37(44)41-33-38(45)42-36(34-43)40(47)48/h11,13,16,18,25,29,35-36,43H,3-10,12,14-15,17,19-24,26-28,30-34H2,1-2H3,(H,41,44)(H,42,45)(H,47,48)/b13-11-,18-16-,29-25-. The summed E-state index contributed by atoms with van der Waals surface area (Å²) in [5.41, 5.74) is 0. The van der Waals surface area contributed by atoms with Gasteiger partial charge in [-0.2, -0.15) is 0 Å². The normalized spacial score (nSPS) is 12.9. The van der Waals surface area contributed by atoms with Crippen molar-refractivity contribution >= 4 is 23.8 Å². The molecule has 0 rings (SSSR count). The molecule has 0 aliphatic carbocycles. The van der Waals surface area contributed by atoms with Crippen LogP contribution in [-0.4, -0.2) is 59.3 Å². The van der Waals surface area contributed by atoms with E-state index in [0.717, 1.165) is 64.2 Å². The number of esters is 1. The highest BCUT2D eigenvalue weighted by Crippen LogP contribution is 2.15. The van der Waals surface area contributed by atoms with Crippen molar-refractivity contribution in [3.8, 4) is 0 Å². The minimum atomic E-state index is -1.39. The van der Waals surface area contributed by atoms with Crippen LogP contribution < -0.4 is 10.6 Å². The van der Waals surface area contributed by atoms with Crippen LogP contribution in [0, 0.1) is 0 Å². The number of rotatable bonds is 34. The van der Waals surface area contributed by atoms with Gasteiger partial charge in [-0.3, -0.25) is 14.4 Å². The Kier molecular flexibility index (Phi) is 32.8. The first-order valence-corrected chi connectivity index (χ1v) is 19.4. The molecular formula is C40H70N2O7. The number of carbonyl (C=O) groups excluding carboxylic acids is 3. The number of ether oxygens (including phenoxy) is 1. The summed E-state index contributed by atoms with van der Waals surface area (Å²) in [5.74, 6) is -2.39. The zero-order valence-corrected chi connectivity index (χ0v) is 30.9. The number of carboxylic acids is 1. The molecule has 282 valence electrons. The smallest absolute Gasteiger partial charge is 0.328 e. The van der Waals surface area contributed by atoms with Crippen LogP contribution in [-0.2, 0) is 23.9 Å². The molecule has 0 aliphatic heterocycles. The van der Waals surface area contributed by atoms with Gasteiger partial charge >= 0.3 is 11.9 Å². The average Bonchev–Trinajstić information content (AvgIpc) is 3.08. The van der Waals surface area contributed by atoms with E-state index in [2.05, 4.69) is 54.9 Å². The molecule has 0 aliphatic rings. The van der Waals surface area contributed by atoms with E-state index in [1.165, 1.54) is 70.6 Å². The number of allylic oxidation sites excluding steroid dienone is 5. The molecule has 2 amide bonds. The van der Waals surface area contributed by atoms with Gasteiger partial charge in [0.25, 0.3) is 0 Å². The third-order valence-electron chi connectivity index (χ3n) is 8.37. The van der Waals surface area contributed by atoms with Crippen molar-refractivity contribution in [2.75, 3.05) is 13.2 Å². The topological polar surface area (TPSA) is 142 Å². The summed E-state index contributed by atoms with van der Waals surface area (Å²) in [6.07, 6.45) is 37.5. The van der Waals surface area contributed by atoms with Gasteiger partial charge in [-0.1, -0.05) is 134 Å². The van der Waals surface area contributed by atoms with Gasteiger partial charge in [0.2, 0.25) is 11.8 Å². The molecule has 9 heteroatoms. The fourth-order valence-electron chi connectivity index (χ4n) is 5.34. The number of hydrogen-bond acceptors (Lipinski definition) is 6. The van der Waals surface area contributed by atoms with Crippen LogP contribution >= 0.6 is 0 Å². The molecule has 0 saturated carbocycles. The maximum atomic E-state index is 12.6. The third-order valence-corrected chi connectivity index (χ3v) is 8.37. The number of aliphatic hydroxyl groups is 1. The van der Waals surface area contributed by atoms with Crippen LogP contribution in [0.1, 0.15) is 168 Å². The Balaban J connectivity index is 4.43. The summed E-state index contributed by atoms with van der Waals surface area (Å²) < 4.78 is 5.88. The highest BCUT2D eigenvalue weighted by molar-refractivity contribution is 5.87. The molecule has 0 saturated heterocycles. The van der Waals surface area contributed by atoms with Gasteiger partial charge in [0.15, 0.2) is 0 Å². The molecule has 0 radical (unpaired) electrons. The van der Waals surface area contributed by atoms with Crippen LogP contribution in [0.2, 0.25) is 0 Å². The fraction of sp³-hybridized carbons (Fsp3) is 0.750. The van der Waals surface area contributed by atoms with E-state index in [0.29, 0.717) is 12.8 Å². The fourth-order valence-corrected chi connectivity index (χ4v) is 5.34. The molecule has 0 fully saturated rings. The summed E-state index contributed by atoms with van der Waals surface area (Å²) in [6, 6.07) is -1.39. The summed E-state index contributed by atoms with van der Waals surface area (Å²) >= 11 is 0. The van der Waals surface area contributed by atoms with Crippen LogP contribution in [0.4, 0.5) is 0 Å². The maximum Gasteiger partial charge on any atom is 0.328 e. The van der Waals surface area contributed by atoms with Gasteiger partial charge in [0.1, 0.15) is 12.1 Å². The number of amides is 2. The molecular weight excluding hydrogens is 620 g/mol. The SMILES string of the molecule is CCCCC/C=C\C/C=C\C/C=C\C(CCCCCCCC(=O)NCC(=O)NC(CO)C(=O)O)OC(=O)CCCCCCCCCCCC. The van der Waals surface area contributed by atoms with Crippen molar-refractivity contribution < 1.29 is 34.1 Å². The predicted octanol–water partition coefficient (Wildman–Crippen LogP) is 8.65. The van der Waals surface area contributed by atoms with E-state index in [-0.39, 0.29) is 30.9 Å². The molecule has 0 aromatic heterocycles. The van der Waals surface area contributed by atoms with Crippen LogP contribution in [0.15, 0.2) is 36.5 Å². The first-order chi connectivity index (χ1) is 23.8. The Bertz CT molecular complexity index is 932. The molecule has 0 spiro atoms. The van der Waals surface area contributed by atoms with Crippen molar-refractivity contribution in [1.29, 1.82) is 0 Å². The first kappa shape index (κ1) is 46.1. The number of hydrogen-bond donors (Lipinski definition) is 4. The van der Waals surface area contributed by atoms with Gasteiger partial charge < -0.3 is 25.6 Å². The van der Waals surface area contributed by atoms with Crippen LogP contribution in [0.25, 0.3) is 0 Å². The largest absolute Gasteiger partial charge is 0.480 e. The molecule has 0 aromatic rings. The van der Waals surface area contributed by atoms with Crippen molar-refractivity contribution in [3.05, 3.63) is 36.5 Å². The Morgan fingerprint density at radius 3 is 1.78 bits per heavy atom. The Labute approximate surface area is 297 Å². The molecule has 49 heavy (non-hydrogen) atoms. The van der Waals surface area contributed by atoms with E-state index in [4.69, 9.17) is 14.9 Å². The molecule has 2 unspecified atom stereocenters. The number of aliphatic hydroxyl groups excluding tert-OH is 1. The average molecular weight is 691 g/mol. The second-order valence-electron chi connectivity index (χ2n) is 13.0. The molecule has 0 bridgehead atoms. The second kappa shape index (κ2) is 34.9. The van der Waals surface area contributed by atoms with Gasteiger partial charge in [0.05, 0.1) is 13.2 Å². The molecule has 0 heterocycles. The molecule has 2 atom stereocenters. The quantitative estimate of drug-likeness (QED) is 0.0301. The van der Waals surface area contributed by atoms with Crippen molar-refractivity contribution in [2.24, 2.45) is 0 Å². The summed E-state index contributed by atoms with van der Waals surface area (Å²) in [6.45, 7) is 3.41. The zero-order chi connectivity index (χ0) is 36.2.